The van der Waals surface area contributed by atoms with Crippen molar-refractivity contribution in [2.24, 2.45) is 0 Å². The molecule has 1 N–H and O–H groups in total. The van der Waals surface area contributed by atoms with Crippen LogP contribution in [0.4, 0.5) is 0 Å². The minimum absolute atomic E-state index is 1.42. The van der Waals surface area contributed by atoms with Gasteiger partial charge < -0.3 is 13.0 Å². The third-order valence-electron chi connectivity index (χ3n) is 1.91. The van der Waals surface area contributed by atoms with Crippen LogP contribution < -0.4 is 0 Å². The van der Waals surface area contributed by atoms with Gasteiger partial charge in [-0.15, -0.1) is 19.7 Å². The molecular formula is C9H20O3Si3. The Bertz CT molecular complexity index is 255. The van der Waals surface area contributed by atoms with Crippen LogP contribution in [0.25, 0.3) is 0 Å². The highest BCUT2D eigenvalue weighted by Gasteiger charge is 2.37. The van der Waals surface area contributed by atoms with E-state index in [4.69, 9.17) is 8.23 Å². The Hall–Kier alpha value is -0.249. The van der Waals surface area contributed by atoms with Gasteiger partial charge in [0.2, 0.25) is 0 Å². The van der Waals surface area contributed by atoms with Gasteiger partial charge in [-0.05, 0) is 19.6 Å². The maximum absolute atomic E-state index is 9.87. The van der Waals surface area contributed by atoms with Crippen molar-refractivity contribution in [1.82, 2.24) is 0 Å². The van der Waals surface area contributed by atoms with E-state index in [1.54, 1.807) is 12.2 Å². The molecule has 15 heavy (non-hydrogen) atoms. The molecule has 0 spiro atoms. The van der Waals surface area contributed by atoms with Gasteiger partial charge in [-0.1, -0.05) is 17.1 Å². The summed E-state index contributed by atoms with van der Waals surface area (Å²) in [6, 6.07) is 0. The van der Waals surface area contributed by atoms with Crippen LogP contribution in [0, 0.1) is 0 Å². The van der Waals surface area contributed by atoms with Crippen molar-refractivity contribution in [3.05, 3.63) is 36.8 Å². The van der Waals surface area contributed by atoms with Gasteiger partial charge in [-0.3, -0.25) is 0 Å². The molecule has 0 aliphatic heterocycles. The summed E-state index contributed by atoms with van der Waals surface area (Å²) in [5.41, 5.74) is 4.98. The van der Waals surface area contributed by atoms with Gasteiger partial charge in [0, 0.05) is 0 Å². The standard InChI is InChI=1S/C9H20O3Si3/c1-7-13(4)11-15(6,9-3)12-14(5,10)8-2/h7-10,13H,1-3H2,4-6H3. The van der Waals surface area contributed by atoms with Gasteiger partial charge in [0.05, 0.1) is 0 Å². The van der Waals surface area contributed by atoms with E-state index in [9.17, 15) is 4.80 Å². The summed E-state index contributed by atoms with van der Waals surface area (Å²) in [5, 5.41) is 0. The highest BCUT2D eigenvalue weighted by atomic mass is 28.5. The molecule has 0 amide bonds. The molecule has 86 valence electrons. The first-order valence-corrected chi connectivity index (χ1v) is 11.9. The van der Waals surface area contributed by atoms with E-state index in [0.29, 0.717) is 0 Å². The van der Waals surface area contributed by atoms with Crippen molar-refractivity contribution in [2.45, 2.75) is 19.6 Å². The van der Waals surface area contributed by atoms with Crippen LogP contribution >= 0.6 is 0 Å². The van der Waals surface area contributed by atoms with E-state index < -0.39 is 26.2 Å². The zero-order valence-corrected chi connectivity index (χ0v) is 12.8. The minimum Gasteiger partial charge on any atom is -0.433 e. The Balaban J connectivity index is 4.63. The number of hydrogen-bond acceptors (Lipinski definition) is 3. The maximum Gasteiger partial charge on any atom is 0.349 e. The van der Waals surface area contributed by atoms with Crippen molar-refractivity contribution >= 4 is 26.2 Å². The highest BCUT2D eigenvalue weighted by molar-refractivity contribution is 6.87. The third-order valence-corrected chi connectivity index (χ3v) is 10.7. The molecule has 0 aliphatic carbocycles. The van der Waals surface area contributed by atoms with Crippen molar-refractivity contribution < 1.29 is 13.0 Å². The van der Waals surface area contributed by atoms with Gasteiger partial charge in [-0.2, -0.15) is 0 Å². The van der Waals surface area contributed by atoms with Crippen molar-refractivity contribution in [3.8, 4) is 0 Å². The van der Waals surface area contributed by atoms with Gasteiger partial charge >= 0.3 is 17.1 Å². The fourth-order valence-electron chi connectivity index (χ4n) is 0.983. The van der Waals surface area contributed by atoms with Gasteiger partial charge in [0.1, 0.15) is 0 Å². The summed E-state index contributed by atoms with van der Waals surface area (Å²) in [5.74, 6) is 0. The monoisotopic (exact) mass is 260 g/mol. The highest BCUT2D eigenvalue weighted by Crippen LogP contribution is 2.16. The molecule has 0 rings (SSSR count). The molecule has 0 aromatic heterocycles. The molecular weight excluding hydrogens is 240 g/mol. The molecule has 3 unspecified atom stereocenters. The zero-order chi connectivity index (χ0) is 12.1. The van der Waals surface area contributed by atoms with Crippen molar-refractivity contribution in [1.29, 1.82) is 0 Å². The van der Waals surface area contributed by atoms with E-state index in [-0.39, 0.29) is 0 Å². The molecule has 0 fully saturated rings. The van der Waals surface area contributed by atoms with Gasteiger partial charge in [0.25, 0.3) is 0 Å². The van der Waals surface area contributed by atoms with E-state index >= 15 is 0 Å². The Morgan fingerprint density at radius 1 is 1.20 bits per heavy atom. The molecule has 3 nitrogen and oxygen atoms in total. The fourth-order valence-corrected chi connectivity index (χ4v) is 9.28. The summed E-state index contributed by atoms with van der Waals surface area (Å²) >= 11 is 0. The van der Waals surface area contributed by atoms with Gasteiger partial charge in [0.15, 0.2) is 9.04 Å². The first kappa shape index (κ1) is 14.8. The second kappa shape index (κ2) is 5.73. The van der Waals surface area contributed by atoms with Crippen molar-refractivity contribution in [2.75, 3.05) is 0 Å². The first-order valence-electron chi connectivity index (χ1n) is 4.78. The van der Waals surface area contributed by atoms with E-state index in [1.165, 1.54) is 5.70 Å². The van der Waals surface area contributed by atoms with Crippen LogP contribution in [-0.2, 0) is 8.23 Å². The molecule has 6 heteroatoms. The number of hydrogen-bond donors (Lipinski definition) is 1. The van der Waals surface area contributed by atoms with Gasteiger partial charge in [-0.25, -0.2) is 0 Å². The quantitative estimate of drug-likeness (QED) is 0.708. The van der Waals surface area contributed by atoms with Crippen LogP contribution in [0.15, 0.2) is 36.8 Å². The number of rotatable bonds is 7. The lowest BCUT2D eigenvalue weighted by molar-refractivity contribution is 0.342. The minimum atomic E-state index is -2.80. The zero-order valence-electron chi connectivity index (χ0n) is 9.69. The molecule has 3 atom stereocenters. The predicted octanol–water partition coefficient (Wildman–Crippen LogP) is 1.69. The Morgan fingerprint density at radius 3 is 2.07 bits per heavy atom. The molecule has 0 aromatic rings. The molecule has 0 saturated carbocycles. The summed E-state index contributed by atoms with van der Waals surface area (Å²) in [7, 11) is -6.68. The van der Waals surface area contributed by atoms with E-state index in [2.05, 4.69) is 19.7 Å². The lowest BCUT2D eigenvalue weighted by Gasteiger charge is -2.31. The summed E-state index contributed by atoms with van der Waals surface area (Å²) in [6.07, 6.45) is 0. The molecule has 0 aliphatic rings. The van der Waals surface area contributed by atoms with Crippen LogP contribution in [-0.4, -0.2) is 31.0 Å². The fraction of sp³-hybridized carbons (Fsp3) is 0.333. The largest absolute Gasteiger partial charge is 0.433 e. The Morgan fingerprint density at radius 2 is 1.73 bits per heavy atom. The third kappa shape index (κ3) is 5.40. The van der Waals surface area contributed by atoms with E-state index in [1.807, 2.05) is 18.8 Å². The average Bonchev–Trinajstić information content (AvgIpc) is 2.17. The Labute approximate surface area is 96.0 Å². The lowest BCUT2D eigenvalue weighted by atomic mass is 11.3. The van der Waals surface area contributed by atoms with E-state index in [0.717, 1.165) is 0 Å². The lowest BCUT2D eigenvalue weighted by Crippen LogP contribution is -2.50. The Kier molecular flexibility index (Phi) is 5.64. The molecule has 0 heterocycles. The first-order chi connectivity index (χ1) is 6.78. The predicted molar refractivity (Wildman–Crippen MR) is 71.2 cm³/mol. The maximum atomic E-state index is 9.87. The summed E-state index contributed by atoms with van der Waals surface area (Å²) in [4.78, 5) is 9.87. The van der Waals surface area contributed by atoms with Crippen LogP contribution in [0.1, 0.15) is 0 Å². The SMILES string of the molecule is C=C[SiH](C)O[Si](C)(C=C)O[Si](C)(O)C=C. The normalized spacial score (nSPS) is 20.8. The average molecular weight is 261 g/mol. The molecule has 0 bridgehead atoms. The summed E-state index contributed by atoms with van der Waals surface area (Å²) in [6.45, 7) is 16.5. The van der Waals surface area contributed by atoms with Crippen LogP contribution in [0.2, 0.25) is 19.6 Å². The molecule has 0 aromatic carbocycles. The topological polar surface area (TPSA) is 38.7 Å². The second-order valence-electron chi connectivity index (χ2n) is 3.64. The second-order valence-corrected chi connectivity index (χ2v) is 12.2. The smallest absolute Gasteiger partial charge is 0.349 e. The summed E-state index contributed by atoms with van der Waals surface area (Å²) < 4.78 is 11.5. The molecule has 0 radical (unpaired) electrons. The van der Waals surface area contributed by atoms with Crippen LogP contribution in [0.5, 0.6) is 0 Å². The van der Waals surface area contributed by atoms with Crippen LogP contribution in [0.3, 0.4) is 0 Å². The molecule has 0 saturated heterocycles. The van der Waals surface area contributed by atoms with Crippen molar-refractivity contribution in [3.63, 3.8) is 0 Å².